The molecule has 2 atom stereocenters. The SMILES string of the molecule is Cn1c2ccncc2c2ccc(C3=CPC(OC4CCC4)C=C3)cc21. The van der Waals surface area contributed by atoms with E-state index in [4.69, 9.17) is 4.74 Å². The Hall–Kier alpha value is -1.96. The molecule has 0 spiro atoms. The molecule has 4 heteroatoms. The number of allylic oxidation sites excluding steroid dienone is 2. The molecule has 5 rings (SSSR count). The summed E-state index contributed by atoms with van der Waals surface area (Å²) in [5, 5.41) is 2.49. The van der Waals surface area contributed by atoms with E-state index in [2.05, 4.69) is 58.8 Å². The predicted octanol–water partition coefficient (Wildman–Crippen LogP) is 5.21. The van der Waals surface area contributed by atoms with Gasteiger partial charge in [-0.25, -0.2) is 0 Å². The van der Waals surface area contributed by atoms with Crippen molar-refractivity contribution in [3.05, 3.63) is 60.2 Å². The standard InChI is InChI=1S/C21H21N2OP/c1-23-19-9-10-22-12-18(19)17-7-5-14(11-20(17)23)15-6-8-21(25-13-15)24-16-3-2-4-16/h5-13,16,21,25H,2-4H2,1H3. The summed E-state index contributed by atoms with van der Waals surface area (Å²) in [4.78, 5) is 4.28. The van der Waals surface area contributed by atoms with E-state index in [0.29, 0.717) is 14.7 Å². The summed E-state index contributed by atoms with van der Waals surface area (Å²) in [5.74, 6) is 2.62. The summed E-state index contributed by atoms with van der Waals surface area (Å²) in [6.07, 6.45) is 12.6. The molecule has 0 radical (unpaired) electrons. The third-order valence-electron chi connectivity index (χ3n) is 5.39. The van der Waals surface area contributed by atoms with Gasteiger partial charge in [0.2, 0.25) is 0 Å². The molecule has 1 aliphatic heterocycles. The van der Waals surface area contributed by atoms with Crippen LogP contribution in [-0.4, -0.2) is 21.5 Å². The van der Waals surface area contributed by atoms with E-state index >= 15 is 0 Å². The first-order valence-corrected chi connectivity index (χ1v) is 10.1. The zero-order valence-electron chi connectivity index (χ0n) is 14.3. The van der Waals surface area contributed by atoms with Gasteiger partial charge in [0.1, 0.15) is 0 Å². The molecule has 2 aromatic heterocycles. The lowest BCUT2D eigenvalue weighted by Crippen LogP contribution is -2.25. The van der Waals surface area contributed by atoms with Crippen molar-refractivity contribution < 1.29 is 4.74 Å². The third kappa shape index (κ3) is 2.63. The molecule has 3 heterocycles. The van der Waals surface area contributed by atoms with Gasteiger partial charge in [0.05, 0.1) is 17.5 Å². The van der Waals surface area contributed by atoms with Crippen LogP contribution in [0.5, 0.6) is 0 Å². The van der Waals surface area contributed by atoms with E-state index in [1.165, 1.54) is 52.2 Å². The van der Waals surface area contributed by atoms with Gasteiger partial charge in [-0.15, -0.1) is 0 Å². The molecular formula is C21H21N2OP. The van der Waals surface area contributed by atoms with Gasteiger partial charge in [-0.2, -0.15) is 0 Å². The fraction of sp³-hybridized carbons (Fsp3) is 0.286. The number of hydrogen-bond donors (Lipinski definition) is 0. The topological polar surface area (TPSA) is 27.1 Å². The van der Waals surface area contributed by atoms with E-state index in [1.54, 1.807) is 0 Å². The van der Waals surface area contributed by atoms with Gasteiger partial charge in [-0.3, -0.25) is 4.98 Å². The van der Waals surface area contributed by atoms with Gasteiger partial charge < -0.3 is 9.30 Å². The fourth-order valence-electron chi connectivity index (χ4n) is 3.68. The highest BCUT2D eigenvalue weighted by molar-refractivity contribution is 7.43. The fourth-order valence-corrected chi connectivity index (χ4v) is 4.76. The number of aryl methyl sites for hydroxylation is 1. The Bertz CT molecular complexity index is 1010. The Labute approximate surface area is 149 Å². The van der Waals surface area contributed by atoms with Crippen molar-refractivity contribution in [2.24, 2.45) is 7.05 Å². The van der Waals surface area contributed by atoms with Crippen LogP contribution >= 0.6 is 8.58 Å². The maximum atomic E-state index is 6.11. The van der Waals surface area contributed by atoms with Crippen LogP contribution in [0.15, 0.2) is 54.6 Å². The minimum atomic E-state index is 0.279. The average molecular weight is 348 g/mol. The Morgan fingerprint density at radius 3 is 2.84 bits per heavy atom. The minimum Gasteiger partial charge on any atom is -0.366 e. The van der Waals surface area contributed by atoms with Crippen LogP contribution in [0.4, 0.5) is 0 Å². The number of rotatable bonds is 3. The highest BCUT2D eigenvalue weighted by Gasteiger charge is 2.22. The lowest BCUT2D eigenvalue weighted by Gasteiger charge is -2.30. The smallest absolute Gasteiger partial charge is 0.0958 e. The second-order valence-corrected chi connectivity index (χ2v) is 8.11. The quantitative estimate of drug-likeness (QED) is 0.608. The van der Waals surface area contributed by atoms with Crippen LogP contribution in [0, 0.1) is 0 Å². The molecular weight excluding hydrogens is 327 g/mol. The number of pyridine rings is 1. The van der Waals surface area contributed by atoms with E-state index < -0.39 is 0 Å². The van der Waals surface area contributed by atoms with Gasteiger partial charge in [-0.05, 0) is 42.5 Å². The summed E-state index contributed by atoms with van der Waals surface area (Å²) < 4.78 is 8.37. The van der Waals surface area contributed by atoms with Gasteiger partial charge in [0, 0.05) is 35.7 Å². The Morgan fingerprint density at radius 1 is 1.16 bits per heavy atom. The highest BCUT2D eigenvalue weighted by Crippen LogP contribution is 2.38. The van der Waals surface area contributed by atoms with Gasteiger partial charge in [-0.1, -0.05) is 38.7 Å². The molecule has 1 aromatic carbocycles. The molecule has 3 nitrogen and oxygen atoms in total. The molecule has 0 bridgehead atoms. The van der Waals surface area contributed by atoms with Crippen LogP contribution in [0.3, 0.4) is 0 Å². The summed E-state index contributed by atoms with van der Waals surface area (Å²) in [5.41, 5.74) is 5.06. The molecule has 0 amide bonds. The van der Waals surface area contributed by atoms with E-state index in [9.17, 15) is 0 Å². The number of benzene rings is 1. The van der Waals surface area contributed by atoms with Gasteiger partial charge in [0.25, 0.3) is 0 Å². The van der Waals surface area contributed by atoms with Crippen molar-refractivity contribution in [2.75, 3.05) is 0 Å². The monoisotopic (exact) mass is 348 g/mol. The predicted molar refractivity (Wildman–Crippen MR) is 106 cm³/mol. The largest absolute Gasteiger partial charge is 0.366 e. The molecule has 1 aliphatic carbocycles. The van der Waals surface area contributed by atoms with Crippen molar-refractivity contribution in [3.63, 3.8) is 0 Å². The number of fused-ring (bicyclic) bond motifs is 3. The lowest BCUT2D eigenvalue weighted by molar-refractivity contribution is 0.00327. The summed E-state index contributed by atoms with van der Waals surface area (Å²) in [6.45, 7) is 0. The number of hydrogen-bond acceptors (Lipinski definition) is 2. The summed E-state index contributed by atoms with van der Waals surface area (Å²) >= 11 is 0. The first-order valence-electron chi connectivity index (χ1n) is 8.92. The van der Waals surface area contributed by atoms with Crippen molar-refractivity contribution >= 4 is 36.0 Å². The Morgan fingerprint density at radius 2 is 2.08 bits per heavy atom. The van der Waals surface area contributed by atoms with Crippen LogP contribution < -0.4 is 0 Å². The highest BCUT2D eigenvalue weighted by atomic mass is 31.1. The van der Waals surface area contributed by atoms with Crippen LogP contribution in [0.2, 0.25) is 0 Å². The molecule has 0 saturated heterocycles. The van der Waals surface area contributed by atoms with Crippen molar-refractivity contribution in [3.8, 4) is 0 Å². The van der Waals surface area contributed by atoms with E-state index in [-0.39, 0.29) is 5.85 Å². The molecule has 1 saturated carbocycles. The number of nitrogens with zero attached hydrogens (tertiary/aromatic N) is 2. The van der Waals surface area contributed by atoms with Gasteiger partial charge >= 0.3 is 0 Å². The Balaban J connectivity index is 1.46. The Kier molecular flexibility index (Phi) is 3.73. The first-order chi connectivity index (χ1) is 12.3. The lowest BCUT2D eigenvalue weighted by atomic mass is 9.96. The van der Waals surface area contributed by atoms with Crippen LogP contribution in [0.1, 0.15) is 24.8 Å². The first kappa shape index (κ1) is 15.3. The maximum Gasteiger partial charge on any atom is 0.0958 e. The van der Waals surface area contributed by atoms with Crippen molar-refractivity contribution in [1.82, 2.24) is 9.55 Å². The molecule has 25 heavy (non-hydrogen) atoms. The zero-order chi connectivity index (χ0) is 16.8. The second kappa shape index (κ2) is 6.09. The average Bonchev–Trinajstić information content (AvgIpc) is 2.91. The van der Waals surface area contributed by atoms with E-state index in [0.717, 1.165) is 0 Å². The maximum absolute atomic E-state index is 6.11. The van der Waals surface area contributed by atoms with Crippen molar-refractivity contribution in [2.45, 2.75) is 31.2 Å². The normalized spacial score (nSPS) is 21.8. The third-order valence-corrected chi connectivity index (χ3v) is 6.52. The van der Waals surface area contributed by atoms with Crippen LogP contribution in [-0.2, 0) is 11.8 Å². The molecule has 2 aliphatic rings. The van der Waals surface area contributed by atoms with Gasteiger partial charge in [0.15, 0.2) is 0 Å². The molecule has 1 fully saturated rings. The molecule has 126 valence electrons. The number of aromatic nitrogens is 2. The minimum absolute atomic E-state index is 0.279. The van der Waals surface area contributed by atoms with E-state index in [1.807, 2.05) is 12.4 Å². The molecule has 0 N–H and O–H groups in total. The van der Waals surface area contributed by atoms with Crippen molar-refractivity contribution in [1.29, 1.82) is 0 Å². The number of ether oxygens (including phenoxy) is 1. The second-order valence-electron chi connectivity index (χ2n) is 6.92. The summed E-state index contributed by atoms with van der Waals surface area (Å²) in [6, 6.07) is 8.83. The molecule has 3 aromatic rings. The zero-order valence-corrected chi connectivity index (χ0v) is 15.3. The summed E-state index contributed by atoms with van der Waals surface area (Å²) in [7, 11) is 2.83. The van der Waals surface area contributed by atoms with Crippen LogP contribution in [0.25, 0.3) is 27.4 Å². The molecule has 2 unspecified atom stereocenters.